The van der Waals surface area contributed by atoms with E-state index in [1.807, 2.05) is 55.5 Å². The number of hydrogen-bond acceptors (Lipinski definition) is 4. The first-order valence-electron chi connectivity index (χ1n) is 12.4. The van der Waals surface area contributed by atoms with E-state index < -0.39 is 18.1 Å². The third-order valence-electron chi connectivity index (χ3n) is 7.21. The van der Waals surface area contributed by atoms with Gasteiger partial charge in [0.15, 0.2) is 18.1 Å². The van der Waals surface area contributed by atoms with Crippen LogP contribution in [0.1, 0.15) is 30.9 Å². The van der Waals surface area contributed by atoms with Gasteiger partial charge in [-0.05, 0) is 34.9 Å². The summed E-state index contributed by atoms with van der Waals surface area (Å²) in [5.74, 6) is -0.0277. The van der Waals surface area contributed by atoms with E-state index >= 15 is 0 Å². The highest BCUT2D eigenvalue weighted by atomic mass is 17.2. The second-order valence-electron chi connectivity index (χ2n) is 9.57. The summed E-state index contributed by atoms with van der Waals surface area (Å²) in [4.78, 5) is 12.2. The average Bonchev–Trinajstić information content (AvgIpc) is 2.94. The van der Waals surface area contributed by atoms with E-state index in [0.29, 0.717) is 0 Å². The molecule has 180 valence electrons. The standard InChI is InChI=1S/C32H29NO3/c1-22(23-13-5-3-6-14-23)30-34-31(32(2,36-35-30)26-17-7-4-8-18-26)33-29-27-19-11-9-15-24(27)21-25-16-10-12-20-28(25)29/h3-22,30-31,33H,1-2H3. The van der Waals surface area contributed by atoms with Crippen molar-refractivity contribution in [3.8, 4) is 0 Å². The number of rotatable bonds is 5. The van der Waals surface area contributed by atoms with Crippen LogP contribution >= 0.6 is 0 Å². The molecule has 6 rings (SSSR count). The van der Waals surface area contributed by atoms with Crippen LogP contribution in [-0.4, -0.2) is 12.5 Å². The minimum Gasteiger partial charge on any atom is -0.356 e. The van der Waals surface area contributed by atoms with Crippen LogP contribution in [0.4, 0.5) is 5.69 Å². The SMILES string of the molecule is CC(c1ccccc1)C1OOC(C)(c2ccccc2)C(Nc2c3ccccc3cc3ccccc23)O1. The van der Waals surface area contributed by atoms with Crippen LogP contribution in [0.2, 0.25) is 0 Å². The van der Waals surface area contributed by atoms with Gasteiger partial charge in [-0.25, -0.2) is 9.78 Å². The molecule has 0 amide bonds. The van der Waals surface area contributed by atoms with Crippen molar-refractivity contribution in [3.63, 3.8) is 0 Å². The molecular formula is C32H29NO3. The van der Waals surface area contributed by atoms with Crippen molar-refractivity contribution >= 4 is 27.2 Å². The maximum absolute atomic E-state index is 6.72. The number of ether oxygens (including phenoxy) is 1. The Labute approximate surface area is 211 Å². The molecule has 1 heterocycles. The summed E-state index contributed by atoms with van der Waals surface area (Å²) < 4.78 is 6.72. The number of fused-ring (bicyclic) bond motifs is 2. The minimum atomic E-state index is -0.883. The summed E-state index contributed by atoms with van der Waals surface area (Å²) in [6, 6.07) is 39.4. The van der Waals surface area contributed by atoms with Gasteiger partial charge >= 0.3 is 0 Å². The summed E-state index contributed by atoms with van der Waals surface area (Å²) >= 11 is 0. The number of anilines is 1. The summed E-state index contributed by atoms with van der Waals surface area (Å²) in [6.45, 7) is 4.11. The molecule has 0 bridgehead atoms. The van der Waals surface area contributed by atoms with Gasteiger partial charge in [0.2, 0.25) is 0 Å². The maximum atomic E-state index is 6.72. The van der Waals surface area contributed by atoms with Crippen molar-refractivity contribution in [1.82, 2.24) is 0 Å². The Hall–Kier alpha value is -3.70. The largest absolute Gasteiger partial charge is 0.356 e. The Morgan fingerprint density at radius 3 is 1.92 bits per heavy atom. The third-order valence-corrected chi connectivity index (χ3v) is 7.21. The van der Waals surface area contributed by atoms with E-state index in [4.69, 9.17) is 14.5 Å². The zero-order valence-corrected chi connectivity index (χ0v) is 20.4. The fourth-order valence-electron chi connectivity index (χ4n) is 5.03. The monoisotopic (exact) mass is 475 g/mol. The lowest BCUT2D eigenvalue weighted by Gasteiger charge is -2.45. The highest BCUT2D eigenvalue weighted by Crippen LogP contribution is 2.42. The Morgan fingerprint density at radius 1 is 0.722 bits per heavy atom. The molecule has 36 heavy (non-hydrogen) atoms. The Balaban J connectivity index is 1.45. The molecule has 0 saturated carbocycles. The van der Waals surface area contributed by atoms with E-state index in [0.717, 1.165) is 27.6 Å². The molecule has 5 aromatic rings. The zero-order chi connectivity index (χ0) is 24.5. The van der Waals surface area contributed by atoms with Crippen LogP contribution in [0, 0.1) is 0 Å². The fraction of sp³-hybridized carbons (Fsp3) is 0.188. The molecule has 1 N–H and O–H groups in total. The highest BCUT2D eigenvalue weighted by Gasteiger charge is 2.47. The summed E-state index contributed by atoms with van der Waals surface area (Å²) in [5, 5.41) is 8.37. The number of nitrogens with one attached hydrogen (secondary N) is 1. The molecule has 0 aliphatic carbocycles. The van der Waals surface area contributed by atoms with Gasteiger partial charge in [-0.1, -0.05) is 116 Å². The predicted molar refractivity (Wildman–Crippen MR) is 145 cm³/mol. The van der Waals surface area contributed by atoms with Gasteiger partial charge in [0.05, 0.1) is 5.69 Å². The van der Waals surface area contributed by atoms with Gasteiger partial charge in [-0.15, -0.1) is 0 Å². The second-order valence-corrected chi connectivity index (χ2v) is 9.57. The van der Waals surface area contributed by atoms with Crippen LogP contribution in [0.3, 0.4) is 0 Å². The molecule has 1 saturated heterocycles. The van der Waals surface area contributed by atoms with E-state index in [9.17, 15) is 0 Å². The molecule has 5 aromatic carbocycles. The van der Waals surface area contributed by atoms with Crippen LogP contribution in [0.15, 0.2) is 115 Å². The Morgan fingerprint density at radius 2 is 1.28 bits per heavy atom. The molecule has 1 fully saturated rings. The van der Waals surface area contributed by atoms with Gasteiger partial charge in [-0.3, -0.25) is 0 Å². The van der Waals surface area contributed by atoms with Crippen molar-refractivity contribution in [2.24, 2.45) is 0 Å². The van der Waals surface area contributed by atoms with Gasteiger partial charge < -0.3 is 10.1 Å². The molecule has 0 aromatic heterocycles. The van der Waals surface area contributed by atoms with Gasteiger partial charge in [-0.2, -0.15) is 0 Å². The molecule has 4 unspecified atom stereocenters. The minimum absolute atomic E-state index is 0.0277. The van der Waals surface area contributed by atoms with Crippen LogP contribution < -0.4 is 5.32 Å². The first kappa shape index (κ1) is 22.7. The fourth-order valence-corrected chi connectivity index (χ4v) is 5.03. The maximum Gasteiger partial charge on any atom is 0.200 e. The molecule has 1 aliphatic heterocycles. The lowest BCUT2D eigenvalue weighted by Crippen LogP contribution is -2.53. The highest BCUT2D eigenvalue weighted by molar-refractivity contribution is 6.11. The smallest absolute Gasteiger partial charge is 0.200 e. The van der Waals surface area contributed by atoms with Crippen LogP contribution in [0.5, 0.6) is 0 Å². The lowest BCUT2D eigenvalue weighted by atomic mass is 9.92. The van der Waals surface area contributed by atoms with E-state index in [1.165, 1.54) is 10.8 Å². The van der Waals surface area contributed by atoms with Gasteiger partial charge in [0.25, 0.3) is 0 Å². The van der Waals surface area contributed by atoms with Crippen LogP contribution in [0.25, 0.3) is 21.5 Å². The van der Waals surface area contributed by atoms with E-state index in [2.05, 4.69) is 79.0 Å². The van der Waals surface area contributed by atoms with Gasteiger partial charge in [0, 0.05) is 16.7 Å². The third kappa shape index (κ3) is 4.03. The summed E-state index contributed by atoms with van der Waals surface area (Å²) in [6.07, 6.45) is -1.10. The predicted octanol–water partition coefficient (Wildman–Crippen LogP) is 7.75. The first-order valence-corrected chi connectivity index (χ1v) is 12.4. The first-order chi connectivity index (χ1) is 17.6. The average molecular weight is 476 g/mol. The quantitative estimate of drug-likeness (QED) is 0.208. The molecule has 4 atom stereocenters. The van der Waals surface area contributed by atoms with Crippen LogP contribution in [-0.2, 0) is 20.1 Å². The Kier molecular flexibility index (Phi) is 5.94. The van der Waals surface area contributed by atoms with Crippen molar-refractivity contribution in [2.45, 2.75) is 37.9 Å². The van der Waals surface area contributed by atoms with Crippen molar-refractivity contribution in [1.29, 1.82) is 0 Å². The number of hydrogen-bond donors (Lipinski definition) is 1. The van der Waals surface area contributed by atoms with E-state index in [-0.39, 0.29) is 5.92 Å². The Bertz CT molecular complexity index is 1430. The van der Waals surface area contributed by atoms with Crippen molar-refractivity contribution in [3.05, 3.63) is 126 Å². The molecule has 4 heteroatoms. The molecule has 0 spiro atoms. The molecular weight excluding hydrogens is 446 g/mol. The molecule has 4 nitrogen and oxygen atoms in total. The lowest BCUT2D eigenvalue weighted by molar-refractivity contribution is -0.490. The van der Waals surface area contributed by atoms with E-state index in [1.54, 1.807) is 0 Å². The summed E-state index contributed by atoms with van der Waals surface area (Å²) in [5.41, 5.74) is 2.24. The van der Waals surface area contributed by atoms with Crippen molar-refractivity contribution < 1.29 is 14.5 Å². The normalized spacial score (nSPS) is 22.9. The number of benzene rings is 5. The topological polar surface area (TPSA) is 39.7 Å². The molecule has 0 radical (unpaired) electrons. The second kappa shape index (κ2) is 9.40. The van der Waals surface area contributed by atoms with Crippen molar-refractivity contribution in [2.75, 3.05) is 5.32 Å². The zero-order valence-electron chi connectivity index (χ0n) is 20.4. The molecule has 1 aliphatic rings. The van der Waals surface area contributed by atoms with Gasteiger partial charge in [0.1, 0.15) is 0 Å². The summed E-state index contributed by atoms with van der Waals surface area (Å²) in [7, 11) is 0.